The molecular formula is C22H18ClFN2O3. The van der Waals surface area contributed by atoms with Gasteiger partial charge in [-0.2, -0.15) is 0 Å². The Bertz CT molecular complexity index is 1060. The molecule has 0 N–H and O–H groups in total. The zero-order chi connectivity index (χ0) is 20.4. The summed E-state index contributed by atoms with van der Waals surface area (Å²) in [6, 6.07) is 14.8. The minimum absolute atomic E-state index is 0.0881. The number of carbonyl (C=O) groups excluding carboxylic acids is 2. The highest BCUT2D eigenvalue weighted by Crippen LogP contribution is 2.35. The summed E-state index contributed by atoms with van der Waals surface area (Å²) >= 11 is 6.18. The Labute approximate surface area is 172 Å². The second kappa shape index (κ2) is 8.09. The summed E-state index contributed by atoms with van der Waals surface area (Å²) < 4.78 is 19.5. The fourth-order valence-electron chi connectivity index (χ4n) is 3.50. The average Bonchev–Trinajstić information content (AvgIpc) is 3.23. The van der Waals surface area contributed by atoms with Crippen LogP contribution >= 0.6 is 11.6 Å². The summed E-state index contributed by atoms with van der Waals surface area (Å²) in [5.74, 6) is -0.0230. The highest BCUT2D eigenvalue weighted by Gasteiger charge is 2.25. The summed E-state index contributed by atoms with van der Waals surface area (Å²) in [4.78, 5) is 27.4. The quantitative estimate of drug-likeness (QED) is 0.591. The number of benzene rings is 2. The number of hydrogen-bond donors (Lipinski definition) is 0. The first kappa shape index (κ1) is 19.2. The van der Waals surface area contributed by atoms with E-state index in [-0.39, 0.29) is 17.2 Å². The van der Waals surface area contributed by atoms with Crippen LogP contribution in [0.25, 0.3) is 11.3 Å². The molecule has 4 rings (SSSR count). The van der Waals surface area contributed by atoms with Gasteiger partial charge in [-0.15, -0.1) is 0 Å². The Morgan fingerprint density at radius 2 is 1.79 bits per heavy atom. The third-order valence-corrected chi connectivity index (χ3v) is 5.21. The lowest BCUT2D eigenvalue weighted by atomic mass is 10.1. The maximum absolute atomic E-state index is 13.9. The van der Waals surface area contributed by atoms with Gasteiger partial charge in [0, 0.05) is 42.5 Å². The van der Waals surface area contributed by atoms with Crippen molar-refractivity contribution in [2.24, 2.45) is 0 Å². The number of rotatable bonds is 4. The predicted octanol–water partition coefficient (Wildman–Crippen LogP) is 4.51. The standard InChI is InChI=1S/C22H18ClFN2O3/c23-15-5-7-20(18(13-15)21-8-6-16(14-27)29-21)25-9-11-26(12-10-25)22(28)17-3-1-2-4-19(17)24/h1-8,13-14H,9-12H2. The Hall–Kier alpha value is -3.12. The molecule has 7 heteroatoms. The van der Waals surface area contributed by atoms with Gasteiger partial charge in [0.05, 0.1) is 5.56 Å². The molecule has 1 fully saturated rings. The first-order valence-electron chi connectivity index (χ1n) is 9.20. The molecule has 0 aliphatic carbocycles. The van der Waals surface area contributed by atoms with Crippen molar-refractivity contribution in [1.82, 2.24) is 4.90 Å². The number of aldehydes is 1. The smallest absolute Gasteiger partial charge is 0.256 e. The summed E-state index contributed by atoms with van der Waals surface area (Å²) in [5.41, 5.74) is 1.77. The van der Waals surface area contributed by atoms with E-state index < -0.39 is 5.82 Å². The number of amides is 1. The molecule has 148 valence electrons. The van der Waals surface area contributed by atoms with E-state index in [1.807, 2.05) is 6.07 Å². The van der Waals surface area contributed by atoms with Gasteiger partial charge in [-0.3, -0.25) is 9.59 Å². The van der Waals surface area contributed by atoms with Crippen LogP contribution in [0.4, 0.5) is 10.1 Å². The van der Waals surface area contributed by atoms with Crippen LogP contribution in [-0.4, -0.2) is 43.3 Å². The van der Waals surface area contributed by atoms with Gasteiger partial charge in [-0.05, 0) is 42.5 Å². The molecule has 1 amide bonds. The normalized spacial score (nSPS) is 14.1. The van der Waals surface area contributed by atoms with E-state index in [0.29, 0.717) is 43.2 Å². The molecule has 0 atom stereocenters. The van der Waals surface area contributed by atoms with E-state index in [9.17, 15) is 14.0 Å². The molecule has 0 bridgehead atoms. The molecule has 29 heavy (non-hydrogen) atoms. The van der Waals surface area contributed by atoms with Gasteiger partial charge >= 0.3 is 0 Å². The summed E-state index contributed by atoms with van der Waals surface area (Å²) in [7, 11) is 0. The zero-order valence-corrected chi connectivity index (χ0v) is 16.2. The first-order chi connectivity index (χ1) is 14.1. The highest BCUT2D eigenvalue weighted by molar-refractivity contribution is 6.31. The van der Waals surface area contributed by atoms with Gasteiger partial charge in [-0.1, -0.05) is 23.7 Å². The average molecular weight is 413 g/mol. The molecule has 2 aromatic carbocycles. The van der Waals surface area contributed by atoms with E-state index in [4.69, 9.17) is 16.0 Å². The summed E-state index contributed by atoms with van der Waals surface area (Å²) in [6.07, 6.45) is 0.654. The Balaban J connectivity index is 1.54. The van der Waals surface area contributed by atoms with Gasteiger partial charge < -0.3 is 14.2 Å². The zero-order valence-electron chi connectivity index (χ0n) is 15.5. The Morgan fingerprint density at radius 1 is 1.03 bits per heavy atom. The van der Waals surface area contributed by atoms with Crippen molar-refractivity contribution in [3.63, 3.8) is 0 Å². The van der Waals surface area contributed by atoms with Crippen molar-refractivity contribution in [3.05, 3.63) is 76.8 Å². The number of anilines is 1. The molecular weight excluding hydrogens is 395 g/mol. The lowest BCUT2D eigenvalue weighted by Crippen LogP contribution is -2.49. The van der Waals surface area contributed by atoms with Crippen LogP contribution in [0.5, 0.6) is 0 Å². The van der Waals surface area contributed by atoms with Gasteiger partial charge in [0.25, 0.3) is 5.91 Å². The van der Waals surface area contributed by atoms with E-state index >= 15 is 0 Å². The van der Waals surface area contributed by atoms with Crippen molar-refractivity contribution < 1.29 is 18.4 Å². The van der Waals surface area contributed by atoms with Gasteiger partial charge in [0.15, 0.2) is 12.0 Å². The minimum atomic E-state index is -0.510. The maximum Gasteiger partial charge on any atom is 0.256 e. The topological polar surface area (TPSA) is 53.8 Å². The van der Waals surface area contributed by atoms with E-state index in [0.717, 1.165) is 11.3 Å². The minimum Gasteiger partial charge on any atom is -0.453 e. The Morgan fingerprint density at radius 3 is 2.48 bits per heavy atom. The van der Waals surface area contributed by atoms with Crippen LogP contribution in [0.1, 0.15) is 20.9 Å². The lowest BCUT2D eigenvalue weighted by molar-refractivity contribution is 0.0742. The lowest BCUT2D eigenvalue weighted by Gasteiger charge is -2.37. The number of piperazine rings is 1. The number of nitrogens with zero attached hydrogens (tertiary/aromatic N) is 2. The molecule has 1 aromatic heterocycles. The van der Waals surface area contributed by atoms with Crippen molar-refractivity contribution in [3.8, 4) is 11.3 Å². The SMILES string of the molecule is O=Cc1ccc(-c2cc(Cl)ccc2N2CCN(C(=O)c3ccccc3F)CC2)o1. The Kier molecular flexibility index (Phi) is 5.36. The molecule has 0 radical (unpaired) electrons. The van der Waals surface area contributed by atoms with Crippen LogP contribution in [0.15, 0.2) is 59.0 Å². The summed E-state index contributed by atoms with van der Waals surface area (Å²) in [6.45, 7) is 2.09. The second-order valence-electron chi connectivity index (χ2n) is 6.74. The van der Waals surface area contributed by atoms with Crippen molar-refractivity contribution in [1.29, 1.82) is 0 Å². The fourth-order valence-corrected chi connectivity index (χ4v) is 3.67. The molecule has 0 unspecified atom stereocenters. The van der Waals surface area contributed by atoms with Crippen LogP contribution in [0.2, 0.25) is 5.02 Å². The third-order valence-electron chi connectivity index (χ3n) is 4.98. The number of hydrogen-bond acceptors (Lipinski definition) is 4. The van der Waals surface area contributed by atoms with Crippen LogP contribution in [0.3, 0.4) is 0 Å². The fraction of sp³-hybridized carbons (Fsp3) is 0.182. The van der Waals surface area contributed by atoms with Gasteiger partial charge in [-0.25, -0.2) is 4.39 Å². The molecule has 0 spiro atoms. The second-order valence-corrected chi connectivity index (χ2v) is 7.18. The summed E-state index contributed by atoms with van der Waals surface area (Å²) in [5, 5.41) is 0.557. The van der Waals surface area contributed by atoms with E-state index in [2.05, 4.69) is 4.90 Å². The predicted molar refractivity (Wildman–Crippen MR) is 109 cm³/mol. The molecule has 2 heterocycles. The third kappa shape index (κ3) is 3.89. The maximum atomic E-state index is 13.9. The molecule has 5 nitrogen and oxygen atoms in total. The number of furan rings is 1. The number of carbonyl (C=O) groups is 2. The van der Waals surface area contributed by atoms with Gasteiger partial charge in [0.1, 0.15) is 11.6 Å². The van der Waals surface area contributed by atoms with Crippen molar-refractivity contribution in [2.75, 3.05) is 31.1 Å². The van der Waals surface area contributed by atoms with Crippen LogP contribution < -0.4 is 4.90 Å². The molecule has 1 saturated heterocycles. The van der Waals surface area contributed by atoms with E-state index in [1.54, 1.807) is 41.3 Å². The van der Waals surface area contributed by atoms with Crippen molar-refractivity contribution in [2.45, 2.75) is 0 Å². The van der Waals surface area contributed by atoms with Crippen molar-refractivity contribution >= 4 is 29.5 Å². The van der Waals surface area contributed by atoms with Gasteiger partial charge in [0.2, 0.25) is 0 Å². The largest absolute Gasteiger partial charge is 0.453 e. The van der Waals surface area contributed by atoms with Crippen LogP contribution in [-0.2, 0) is 0 Å². The first-order valence-corrected chi connectivity index (χ1v) is 9.58. The molecule has 1 aliphatic rings. The molecule has 1 aliphatic heterocycles. The molecule has 3 aromatic rings. The van der Waals surface area contributed by atoms with Crippen LogP contribution in [0, 0.1) is 5.82 Å². The number of halogens is 2. The monoisotopic (exact) mass is 412 g/mol. The van der Waals surface area contributed by atoms with E-state index in [1.165, 1.54) is 12.1 Å². The highest BCUT2D eigenvalue weighted by atomic mass is 35.5. The molecule has 0 saturated carbocycles.